The van der Waals surface area contributed by atoms with Crippen LogP contribution in [0, 0.1) is 23.3 Å². The maximum absolute atomic E-state index is 15.1. The summed E-state index contributed by atoms with van der Waals surface area (Å²) in [6.07, 6.45) is 1.29. The van der Waals surface area contributed by atoms with Gasteiger partial charge in [0.05, 0.1) is 5.56 Å². The topological polar surface area (TPSA) is 29.5 Å². The predicted octanol–water partition coefficient (Wildman–Crippen LogP) is 6.95. The smallest absolute Gasteiger partial charge is 0.387 e. The molecule has 3 rings (SSSR count). The molecule has 0 saturated heterocycles. The zero-order valence-electron chi connectivity index (χ0n) is 17.1. The van der Waals surface area contributed by atoms with Gasteiger partial charge >= 0.3 is 6.61 Å². The third-order valence-electron chi connectivity index (χ3n) is 5.00. The highest BCUT2D eigenvalue weighted by atomic mass is 19.3. The van der Waals surface area contributed by atoms with Gasteiger partial charge in [0.2, 0.25) is 0 Å². The first kappa shape index (κ1) is 23.5. The van der Waals surface area contributed by atoms with Crippen molar-refractivity contribution in [3.8, 4) is 22.6 Å². The molecule has 0 radical (unpaired) electrons. The summed E-state index contributed by atoms with van der Waals surface area (Å²) in [6, 6.07) is 9.14. The molecule has 0 aliphatic heterocycles. The van der Waals surface area contributed by atoms with Crippen molar-refractivity contribution < 1.29 is 36.2 Å². The van der Waals surface area contributed by atoms with Crippen LogP contribution in [0.3, 0.4) is 0 Å². The molecule has 0 bridgehead atoms. The molecule has 32 heavy (non-hydrogen) atoms. The Morgan fingerprint density at radius 1 is 0.812 bits per heavy atom. The average Bonchev–Trinajstić information content (AvgIpc) is 2.71. The first-order chi connectivity index (χ1) is 15.2. The van der Waals surface area contributed by atoms with Gasteiger partial charge < -0.3 is 9.84 Å². The minimum atomic E-state index is -3.40. The second-order valence-corrected chi connectivity index (χ2v) is 7.26. The van der Waals surface area contributed by atoms with E-state index in [1.54, 1.807) is 24.3 Å². The number of ether oxygens (including phenoxy) is 1. The van der Waals surface area contributed by atoms with Crippen LogP contribution in [0.1, 0.15) is 30.0 Å². The summed E-state index contributed by atoms with van der Waals surface area (Å²) >= 11 is 0. The van der Waals surface area contributed by atoms with Crippen molar-refractivity contribution in [2.45, 2.75) is 39.2 Å². The van der Waals surface area contributed by atoms with Gasteiger partial charge in [0.1, 0.15) is 17.4 Å². The minimum absolute atomic E-state index is 0.000963. The second kappa shape index (κ2) is 9.97. The number of aromatic hydroxyl groups is 1. The lowest BCUT2D eigenvalue weighted by Gasteiger charge is -2.13. The molecule has 0 amide bonds. The molecule has 0 aromatic heterocycles. The van der Waals surface area contributed by atoms with Crippen LogP contribution >= 0.6 is 0 Å². The third-order valence-corrected chi connectivity index (χ3v) is 5.00. The van der Waals surface area contributed by atoms with Crippen LogP contribution < -0.4 is 4.74 Å². The lowest BCUT2D eigenvalue weighted by atomic mass is 9.95. The molecule has 170 valence electrons. The molecule has 3 aromatic carbocycles. The van der Waals surface area contributed by atoms with Gasteiger partial charge in [0.25, 0.3) is 0 Å². The van der Waals surface area contributed by atoms with Crippen molar-refractivity contribution in [1.29, 1.82) is 0 Å². The lowest BCUT2D eigenvalue weighted by molar-refractivity contribution is -0.0546. The van der Waals surface area contributed by atoms with Gasteiger partial charge in [-0.25, -0.2) is 17.6 Å². The highest BCUT2D eigenvalue weighted by Crippen LogP contribution is 2.36. The van der Waals surface area contributed by atoms with Gasteiger partial charge in [-0.15, -0.1) is 0 Å². The van der Waals surface area contributed by atoms with Gasteiger partial charge in [-0.05, 0) is 48.1 Å². The number of aryl methyl sites for hydroxylation is 2. The van der Waals surface area contributed by atoms with E-state index in [1.165, 1.54) is 0 Å². The zero-order chi connectivity index (χ0) is 23.4. The number of phenolic OH excluding ortho intramolecular Hbond substituents is 1. The molecule has 1 N–H and O–H groups in total. The molecule has 0 unspecified atom stereocenters. The number of alkyl halides is 2. The molecule has 0 aliphatic carbocycles. The number of halogens is 6. The van der Waals surface area contributed by atoms with Crippen LogP contribution in [0.15, 0.2) is 42.5 Å². The summed E-state index contributed by atoms with van der Waals surface area (Å²) in [4.78, 5) is 0. The molecule has 0 saturated carbocycles. The van der Waals surface area contributed by atoms with Gasteiger partial charge in [-0.2, -0.15) is 8.78 Å². The molecular formula is C24H20F6O2. The average molecular weight is 454 g/mol. The van der Waals surface area contributed by atoms with E-state index in [2.05, 4.69) is 4.74 Å². The second-order valence-electron chi connectivity index (χ2n) is 7.26. The number of hydrogen-bond acceptors (Lipinski definition) is 2. The van der Waals surface area contributed by atoms with Crippen LogP contribution in [0.2, 0.25) is 0 Å². The van der Waals surface area contributed by atoms with Crippen molar-refractivity contribution >= 4 is 0 Å². The van der Waals surface area contributed by atoms with Crippen molar-refractivity contribution in [3.63, 3.8) is 0 Å². The Hall–Kier alpha value is -3.16. The SMILES string of the molecule is CCCc1ccc(-c2c(O)cc(F)c(CCc3cc(F)c(OC(F)F)c(F)c3)c2F)cc1. The molecule has 0 spiro atoms. The number of benzene rings is 3. The molecular weight excluding hydrogens is 434 g/mol. The Balaban J connectivity index is 1.88. The molecule has 0 heterocycles. The number of rotatable bonds is 8. The molecule has 3 aromatic rings. The van der Waals surface area contributed by atoms with E-state index < -0.39 is 41.4 Å². The summed E-state index contributed by atoms with van der Waals surface area (Å²) in [7, 11) is 0. The van der Waals surface area contributed by atoms with Crippen LogP contribution in [-0.2, 0) is 19.3 Å². The molecule has 0 fully saturated rings. The summed E-state index contributed by atoms with van der Waals surface area (Å²) in [5.41, 5.74) is 0.833. The summed E-state index contributed by atoms with van der Waals surface area (Å²) < 4.78 is 85.6. The first-order valence-electron chi connectivity index (χ1n) is 9.93. The zero-order valence-corrected chi connectivity index (χ0v) is 17.1. The van der Waals surface area contributed by atoms with Crippen LogP contribution in [0.4, 0.5) is 26.3 Å². The Kier molecular flexibility index (Phi) is 7.33. The van der Waals surface area contributed by atoms with Crippen molar-refractivity contribution in [2.24, 2.45) is 0 Å². The largest absolute Gasteiger partial charge is 0.507 e. The molecule has 8 heteroatoms. The quantitative estimate of drug-likeness (QED) is 0.373. The van der Waals surface area contributed by atoms with Gasteiger partial charge in [-0.1, -0.05) is 37.6 Å². The lowest BCUT2D eigenvalue weighted by Crippen LogP contribution is -2.07. The summed E-state index contributed by atoms with van der Waals surface area (Å²) in [6.45, 7) is -1.39. The van der Waals surface area contributed by atoms with E-state index in [-0.39, 0.29) is 29.5 Å². The van der Waals surface area contributed by atoms with E-state index in [0.717, 1.165) is 36.6 Å². The van der Waals surface area contributed by atoms with Crippen molar-refractivity contribution in [1.82, 2.24) is 0 Å². The number of phenols is 1. The van der Waals surface area contributed by atoms with Crippen LogP contribution in [0.5, 0.6) is 11.5 Å². The highest BCUT2D eigenvalue weighted by molar-refractivity contribution is 5.72. The third kappa shape index (κ3) is 5.18. The fraction of sp³-hybridized carbons (Fsp3) is 0.250. The Labute approximate surface area is 181 Å². The maximum Gasteiger partial charge on any atom is 0.387 e. The minimum Gasteiger partial charge on any atom is -0.507 e. The van der Waals surface area contributed by atoms with Gasteiger partial charge in [-0.3, -0.25) is 0 Å². The Morgan fingerprint density at radius 3 is 2.00 bits per heavy atom. The summed E-state index contributed by atoms with van der Waals surface area (Å²) in [5, 5.41) is 10.1. The normalized spacial score (nSPS) is 11.2. The molecule has 0 aliphatic rings. The maximum atomic E-state index is 15.1. The van der Waals surface area contributed by atoms with Crippen molar-refractivity contribution in [3.05, 3.63) is 82.4 Å². The van der Waals surface area contributed by atoms with Crippen LogP contribution in [-0.4, -0.2) is 11.7 Å². The fourth-order valence-electron chi connectivity index (χ4n) is 3.51. The van der Waals surface area contributed by atoms with E-state index in [0.29, 0.717) is 5.56 Å². The van der Waals surface area contributed by atoms with Gasteiger partial charge in [0.15, 0.2) is 17.4 Å². The summed E-state index contributed by atoms with van der Waals surface area (Å²) in [5.74, 6) is -6.48. The van der Waals surface area contributed by atoms with E-state index in [1.807, 2.05) is 6.92 Å². The van der Waals surface area contributed by atoms with E-state index >= 15 is 4.39 Å². The predicted molar refractivity (Wildman–Crippen MR) is 108 cm³/mol. The Bertz CT molecular complexity index is 1070. The van der Waals surface area contributed by atoms with E-state index in [4.69, 9.17) is 0 Å². The highest BCUT2D eigenvalue weighted by Gasteiger charge is 2.21. The standard InChI is InChI=1S/C24H20F6O2/c1-2-3-13-4-7-15(8-5-13)21-20(31)12-17(25)16(22(21)28)9-6-14-10-18(26)23(19(27)11-14)32-24(29)30/h4-5,7-8,10-12,24,31H,2-3,6,9H2,1H3. The fourth-order valence-corrected chi connectivity index (χ4v) is 3.51. The molecule has 0 atom stereocenters. The first-order valence-corrected chi connectivity index (χ1v) is 9.93. The Morgan fingerprint density at radius 2 is 1.44 bits per heavy atom. The van der Waals surface area contributed by atoms with E-state index in [9.17, 15) is 27.1 Å². The number of hydrogen-bond donors (Lipinski definition) is 1. The van der Waals surface area contributed by atoms with Gasteiger partial charge in [0, 0.05) is 11.6 Å². The monoisotopic (exact) mass is 454 g/mol. The van der Waals surface area contributed by atoms with Crippen LogP contribution in [0.25, 0.3) is 11.1 Å². The van der Waals surface area contributed by atoms with Crippen molar-refractivity contribution in [2.75, 3.05) is 0 Å². The molecule has 2 nitrogen and oxygen atoms in total.